The van der Waals surface area contributed by atoms with Gasteiger partial charge >= 0.3 is 12.3 Å². The molecule has 0 spiro atoms. The first kappa shape index (κ1) is 19.0. The van der Waals surface area contributed by atoms with Gasteiger partial charge in [0.25, 0.3) is 0 Å². The maximum atomic E-state index is 12.6. The van der Waals surface area contributed by atoms with Gasteiger partial charge in [0.2, 0.25) is 0 Å². The zero-order valence-electron chi connectivity index (χ0n) is 13.5. The summed E-state index contributed by atoms with van der Waals surface area (Å²) in [6.45, 7) is 7.59. The molecule has 5 nitrogen and oxygen atoms in total. The van der Waals surface area contributed by atoms with Crippen molar-refractivity contribution in [3.8, 4) is 0 Å². The van der Waals surface area contributed by atoms with Gasteiger partial charge in [0.05, 0.1) is 12.0 Å². The van der Waals surface area contributed by atoms with E-state index in [-0.39, 0.29) is 12.8 Å². The van der Waals surface area contributed by atoms with E-state index in [0.29, 0.717) is 24.7 Å². The largest absolute Gasteiger partial charge is 0.442 e. The molecular weight excluding hydrogens is 301 g/mol. The SMILES string of the molecule is C[C@@H](CN1CCC(C(F)(F)F)CC1)N(O)C(=O)OC(C)(C)C. The fraction of sp³-hybridized carbons (Fsp3) is 0.929. The molecule has 0 saturated carbocycles. The average Bonchev–Trinajstić information content (AvgIpc) is 2.35. The van der Waals surface area contributed by atoms with Gasteiger partial charge < -0.3 is 9.64 Å². The quantitative estimate of drug-likeness (QED) is 0.639. The first-order valence-corrected chi connectivity index (χ1v) is 7.40. The summed E-state index contributed by atoms with van der Waals surface area (Å²) >= 11 is 0. The number of carbonyl (C=O) groups is 1. The maximum Gasteiger partial charge on any atom is 0.434 e. The summed E-state index contributed by atoms with van der Waals surface area (Å²) in [5.74, 6) is -1.25. The number of rotatable bonds is 3. The molecule has 130 valence electrons. The summed E-state index contributed by atoms with van der Waals surface area (Å²) < 4.78 is 42.8. The van der Waals surface area contributed by atoms with E-state index in [0.717, 1.165) is 0 Å². The van der Waals surface area contributed by atoms with Crippen molar-refractivity contribution in [2.45, 2.75) is 58.4 Å². The van der Waals surface area contributed by atoms with Crippen molar-refractivity contribution in [2.75, 3.05) is 19.6 Å². The Hall–Kier alpha value is -1.02. The van der Waals surface area contributed by atoms with Crippen molar-refractivity contribution in [2.24, 2.45) is 5.92 Å². The number of hydroxylamine groups is 2. The van der Waals surface area contributed by atoms with Crippen molar-refractivity contribution in [3.05, 3.63) is 0 Å². The van der Waals surface area contributed by atoms with Crippen LogP contribution >= 0.6 is 0 Å². The van der Waals surface area contributed by atoms with Crippen molar-refractivity contribution in [1.82, 2.24) is 9.96 Å². The Morgan fingerprint density at radius 1 is 1.32 bits per heavy atom. The van der Waals surface area contributed by atoms with E-state index < -0.39 is 29.8 Å². The van der Waals surface area contributed by atoms with Crippen LogP contribution in [0, 0.1) is 5.92 Å². The summed E-state index contributed by atoms with van der Waals surface area (Å²) in [6, 6.07) is -0.558. The molecule has 1 fully saturated rings. The van der Waals surface area contributed by atoms with Crippen LogP contribution in [-0.2, 0) is 4.74 Å². The summed E-state index contributed by atoms with van der Waals surface area (Å²) in [7, 11) is 0. The van der Waals surface area contributed by atoms with E-state index >= 15 is 0 Å². The van der Waals surface area contributed by atoms with Crippen LogP contribution in [0.1, 0.15) is 40.5 Å². The van der Waals surface area contributed by atoms with E-state index in [1.54, 1.807) is 27.7 Å². The second kappa shape index (κ2) is 7.04. The Kier molecular flexibility index (Phi) is 6.09. The molecule has 1 heterocycles. The van der Waals surface area contributed by atoms with Gasteiger partial charge in [0, 0.05) is 6.54 Å². The van der Waals surface area contributed by atoms with Gasteiger partial charge in [-0.2, -0.15) is 18.2 Å². The number of piperidine rings is 1. The minimum Gasteiger partial charge on any atom is -0.442 e. The Labute approximate surface area is 129 Å². The van der Waals surface area contributed by atoms with Gasteiger partial charge in [0.15, 0.2) is 0 Å². The zero-order chi connectivity index (χ0) is 17.1. The van der Waals surface area contributed by atoms with Crippen molar-refractivity contribution in [1.29, 1.82) is 0 Å². The molecule has 1 aliphatic heterocycles. The second-order valence-corrected chi connectivity index (χ2v) is 6.79. The smallest absolute Gasteiger partial charge is 0.434 e. The monoisotopic (exact) mass is 326 g/mol. The molecule has 1 amide bonds. The number of carbonyl (C=O) groups excluding carboxylic acids is 1. The molecule has 0 aromatic rings. The number of amides is 1. The molecule has 1 atom stereocenters. The average molecular weight is 326 g/mol. The minimum absolute atomic E-state index is 0.0497. The highest BCUT2D eigenvalue weighted by Gasteiger charge is 2.41. The van der Waals surface area contributed by atoms with Crippen LogP contribution in [0.4, 0.5) is 18.0 Å². The van der Waals surface area contributed by atoms with Crippen LogP contribution in [-0.4, -0.2) is 58.7 Å². The van der Waals surface area contributed by atoms with E-state index in [9.17, 15) is 23.2 Å². The second-order valence-electron chi connectivity index (χ2n) is 6.79. The van der Waals surface area contributed by atoms with Crippen LogP contribution < -0.4 is 0 Å². The van der Waals surface area contributed by atoms with E-state index in [4.69, 9.17) is 4.74 Å². The normalized spacial score (nSPS) is 19.8. The van der Waals surface area contributed by atoms with Crippen LogP contribution in [0.5, 0.6) is 0 Å². The van der Waals surface area contributed by atoms with Crippen molar-refractivity contribution in [3.63, 3.8) is 0 Å². The van der Waals surface area contributed by atoms with Crippen LogP contribution in [0.2, 0.25) is 0 Å². The maximum absolute atomic E-state index is 12.6. The lowest BCUT2D eigenvalue weighted by molar-refractivity contribution is -0.186. The molecular formula is C14H25F3N2O3. The van der Waals surface area contributed by atoms with E-state index in [1.165, 1.54) is 0 Å². The number of hydrogen-bond acceptors (Lipinski definition) is 4. The Morgan fingerprint density at radius 3 is 2.23 bits per heavy atom. The summed E-state index contributed by atoms with van der Waals surface area (Å²) in [5, 5.41) is 10.3. The first-order chi connectivity index (χ1) is 9.90. The van der Waals surface area contributed by atoms with Crippen LogP contribution in [0.25, 0.3) is 0 Å². The number of ether oxygens (including phenoxy) is 1. The highest BCUT2D eigenvalue weighted by molar-refractivity contribution is 5.66. The Balaban J connectivity index is 2.43. The predicted molar refractivity (Wildman–Crippen MR) is 74.5 cm³/mol. The molecule has 0 radical (unpaired) electrons. The third-order valence-corrected chi connectivity index (χ3v) is 3.57. The lowest BCUT2D eigenvalue weighted by atomic mass is 9.96. The van der Waals surface area contributed by atoms with Gasteiger partial charge in [-0.25, -0.2) is 4.79 Å². The number of hydrogen-bond donors (Lipinski definition) is 1. The molecule has 1 rings (SSSR count). The Bertz CT molecular complexity index is 375. The molecule has 8 heteroatoms. The number of halogens is 3. The topological polar surface area (TPSA) is 53.0 Å². The van der Waals surface area contributed by atoms with Crippen molar-refractivity contribution >= 4 is 6.09 Å². The van der Waals surface area contributed by atoms with Gasteiger partial charge in [0.1, 0.15) is 5.60 Å². The molecule has 0 bridgehead atoms. The summed E-state index contributed by atoms with van der Waals surface area (Å²) in [4.78, 5) is 13.5. The third kappa shape index (κ3) is 6.00. The fourth-order valence-electron chi connectivity index (χ4n) is 2.38. The summed E-state index contributed by atoms with van der Waals surface area (Å²) in [6.07, 6.45) is -4.90. The predicted octanol–water partition coefficient (Wildman–Crippen LogP) is 3.28. The first-order valence-electron chi connectivity index (χ1n) is 7.40. The molecule has 0 aromatic heterocycles. The molecule has 0 unspecified atom stereocenters. The minimum atomic E-state index is -4.14. The third-order valence-electron chi connectivity index (χ3n) is 3.57. The van der Waals surface area contributed by atoms with E-state index in [2.05, 4.69) is 0 Å². The van der Waals surface area contributed by atoms with Gasteiger partial charge in [-0.3, -0.25) is 5.21 Å². The molecule has 22 heavy (non-hydrogen) atoms. The zero-order valence-corrected chi connectivity index (χ0v) is 13.5. The van der Waals surface area contributed by atoms with Gasteiger partial charge in [-0.15, -0.1) is 0 Å². The highest BCUT2D eigenvalue weighted by Crippen LogP contribution is 2.34. The molecule has 0 aromatic carbocycles. The lowest BCUT2D eigenvalue weighted by Crippen LogP contribution is -2.48. The van der Waals surface area contributed by atoms with Crippen LogP contribution in [0.15, 0.2) is 0 Å². The standard InChI is InChI=1S/C14H25F3N2O3/c1-10(19(21)12(20)22-13(2,3)4)9-18-7-5-11(6-8-18)14(15,16)17/h10-11,21H,5-9H2,1-4H3/t10-/m0/s1. The van der Waals surface area contributed by atoms with Gasteiger partial charge in [-0.05, 0) is 53.6 Å². The lowest BCUT2D eigenvalue weighted by Gasteiger charge is -2.35. The highest BCUT2D eigenvalue weighted by atomic mass is 19.4. The van der Waals surface area contributed by atoms with E-state index in [1.807, 2.05) is 4.90 Å². The molecule has 1 N–H and O–H groups in total. The number of alkyl halides is 3. The van der Waals surface area contributed by atoms with Crippen LogP contribution in [0.3, 0.4) is 0 Å². The molecule has 1 aliphatic rings. The number of nitrogens with zero attached hydrogens (tertiary/aromatic N) is 2. The van der Waals surface area contributed by atoms with Gasteiger partial charge in [-0.1, -0.05) is 0 Å². The molecule has 1 saturated heterocycles. The van der Waals surface area contributed by atoms with Crippen molar-refractivity contribution < 1.29 is 27.9 Å². The Morgan fingerprint density at radius 2 is 1.82 bits per heavy atom. The number of likely N-dealkylation sites (tertiary alicyclic amines) is 1. The fourth-order valence-corrected chi connectivity index (χ4v) is 2.38. The summed E-state index contributed by atoms with van der Waals surface area (Å²) in [5.41, 5.74) is -0.719. The molecule has 0 aliphatic carbocycles.